The van der Waals surface area contributed by atoms with Crippen molar-refractivity contribution in [2.45, 2.75) is 26.3 Å². The van der Waals surface area contributed by atoms with Gasteiger partial charge in [-0.3, -0.25) is 10.1 Å². The van der Waals surface area contributed by atoms with Crippen LogP contribution in [0.3, 0.4) is 0 Å². The quantitative estimate of drug-likeness (QED) is 0.586. The molecule has 2 aromatic rings. The van der Waals surface area contributed by atoms with E-state index in [0.29, 0.717) is 0 Å². The van der Waals surface area contributed by atoms with Gasteiger partial charge in [-0.25, -0.2) is 4.98 Å². The largest absolute Gasteiger partial charge is 0.330 e. The minimum atomic E-state index is -0.378. The maximum atomic E-state index is 10.7. The number of non-ortho nitro benzene ring substituents is 1. The Morgan fingerprint density at radius 2 is 2.31 bits per heavy atom. The number of aryl methyl sites for hydroxylation is 1. The Morgan fingerprint density at radius 3 is 3.00 bits per heavy atom. The monoisotopic (exact) mass is 219 g/mol. The Kier molecular flexibility index (Phi) is 2.85. The molecule has 5 heteroatoms. The van der Waals surface area contributed by atoms with Crippen LogP contribution in [0, 0.1) is 10.1 Å². The van der Waals surface area contributed by atoms with Gasteiger partial charge in [-0.2, -0.15) is 0 Å². The number of aromatic nitrogens is 2. The smallest absolute Gasteiger partial charge is 0.271 e. The summed E-state index contributed by atoms with van der Waals surface area (Å²) in [6, 6.07) is 4.76. The Labute approximate surface area is 92.9 Å². The normalized spacial score (nSPS) is 10.8. The van der Waals surface area contributed by atoms with Crippen molar-refractivity contribution in [2.75, 3.05) is 0 Å². The lowest BCUT2D eigenvalue weighted by atomic mass is 10.2. The highest BCUT2D eigenvalue weighted by Gasteiger charge is 2.09. The molecule has 16 heavy (non-hydrogen) atoms. The van der Waals surface area contributed by atoms with Gasteiger partial charge in [0, 0.05) is 18.7 Å². The second-order valence-corrected chi connectivity index (χ2v) is 3.72. The number of nitrogens with zero attached hydrogens (tertiary/aromatic N) is 3. The molecule has 0 amide bonds. The molecular weight excluding hydrogens is 206 g/mol. The first kappa shape index (κ1) is 10.6. The van der Waals surface area contributed by atoms with Gasteiger partial charge in [0.15, 0.2) is 0 Å². The summed E-state index contributed by atoms with van der Waals surface area (Å²) >= 11 is 0. The fourth-order valence-corrected chi connectivity index (χ4v) is 1.67. The van der Waals surface area contributed by atoms with E-state index < -0.39 is 0 Å². The van der Waals surface area contributed by atoms with Crippen LogP contribution in [0.1, 0.15) is 19.8 Å². The zero-order valence-corrected chi connectivity index (χ0v) is 9.09. The van der Waals surface area contributed by atoms with Gasteiger partial charge < -0.3 is 4.57 Å². The summed E-state index contributed by atoms with van der Waals surface area (Å²) in [6.07, 6.45) is 3.88. The van der Waals surface area contributed by atoms with Crippen LogP contribution >= 0.6 is 0 Å². The van der Waals surface area contributed by atoms with Crippen molar-refractivity contribution in [1.29, 1.82) is 0 Å². The van der Waals surface area contributed by atoms with Crippen LogP contribution in [-0.2, 0) is 6.54 Å². The number of benzene rings is 1. The van der Waals surface area contributed by atoms with E-state index in [9.17, 15) is 10.1 Å². The summed E-state index contributed by atoms with van der Waals surface area (Å²) in [6.45, 7) is 2.97. The van der Waals surface area contributed by atoms with E-state index in [0.717, 1.165) is 30.4 Å². The van der Waals surface area contributed by atoms with E-state index in [2.05, 4.69) is 11.9 Å². The van der Waals surface area contributed by atoms with E-state index in [1.165, 1.54) is 6.07 Å². The molecular formula is C11H13N3O2. The second-order valence-electron chi connectivity index (χ2n) is 3.72. The number of fused-ring (bicyclic) bond motifs is 1. The van der Waals surface area contributed by atoms with Crippen molar-refractivity contribution in [3.8, 4) is 0 Å². The molecule has 1 aromatic carbocycles. The van der Waals surface area contributed by atoms with Crippen LogP contribution in [0.25, 0.3) is 11.0 Å². The van der Waals surface area contributed by atoms with E-state index in [1.807, 2.05) is 4.57 Å². The summed E-state index contributed by atoms with van der Waals surface area (Å²) < 4.78 is 1.96. The molecule has 0 fully saturated rings. The molecule has 0 saturated heterocycles. The van der Waals surface area contributed by atoms with Crippen molar-refractivity contribution >= 4 is 16.7 Å². The molecule has 1 aromatic heterocycles. The molecule has 0 radical (unpaired) electrons. The number of hydrogen-bond donors (Lipinski definition) is 0. The molecule has 0 N–H and O–H groups in total. The predicted molar refractivity (Wildman–Crippen MR) is 61.3 cm³/mol. The first-order chi connectivity index (χ1) is 7.72. The lowest BCUT2D eigenvalue weighted by Gasteiger charge is -2.01. The molecule has 0 aliphatic heterocycles. The first-order valence-electron chi connectivity index (χ1n) is 5.31. The van der Waals surface area contributed by atoms with Gasteiger partial charge in [-0.05, 0) is 12.5 Å². The molecule has 0 unspecified atom stereocenters. The highest BCUT2D eigenvalue weighted by Crippen LogP contribution is 2.20. The minimum Gasteiger partial charge on any atom is -0.330 e. The van der Waals surface area contributed by atoms with Crippen molar-refractivity contribution in [1.82, 2.24) is 9.55 Å². The molecule has 0 aliphatic carbocycles. The van der Waals surface area contributed by atoms with Gasteiger partial charge in [0.05, 0.1) is 22.3 Å². The molecule has 0 aliphatic rings. The molecule has 0 atom stereocenters. The third-order valence-corrected chi connectivity index (χ3v) is 2.57. The van der Waals surface area contributed by atoms with Gasteiger partial charge in [-0.15, -0.1) is 0 Å². The number of rotatable bonds is 4. The van der Waals surface area contributed by atoms with E-state index in [4.69, 9.17) is 0 Å². The zero-order valence-electron chi connectivity index (χ0n) is 9.09. The van der Waals surface area contributed by atoms with E-state index in [-0.39, 0.29) is 10.6 Å². The number of hydrogen-bond acceptors (Lipinski definition) is 3. The molecule has 0 saturated carbocycles. The lowest BCUT2D eigenvalue weighted by Crippen LogP contribution is -1.96. The number of unbranched alkanes of at least 4 members (excludes halogenated alkanes) is 1. The van der Waals surface area contributed by atoms with Crippen LogP contribution in [0.5, 0.6) is 0 Å². The molecule has 2 rings (SSSR count). The average Bonchev–Trinajstić information content (AvgIpc) is 2.68. The molecule has 1 heterocycles. The van der Waals surface area contributed by atoms with Crippen LogP contribution in [-0.4, -0.2) is 14.5 Å². The second kappa shape index (κ2) is 4.30. The maximum absolute atomic E-state index is 10.7. The summed E-state index contributed by atoms with van der Waals surface area (Å²) in [7, 11) is 0. The summed E-state index contributed by atoms with van der Waals surface area (Å²) in [5.74, 6) is 0. The Balaban J connectivity index is 2.43. The number of nitro groups is 1. The van der Waals surface area contributed by atoms with Crippen molar-refractivity contribution in [3.63, 3.8) is 0 Å². The number of imidazole rings is 1. The van der Waals surface area contributed by atoms with E-state index >= 15 is 0 Å². The average molecular weight is 219 g/mol. The van der Waals surface area contributed by atoms with Crippen LogP contribution in [0.15, 0.2) is 24.5 Å². The maximum Gasteiger partial charge on any atom is 0.271 e. The Bertz CT molecular complexity index is 519. The van der Waals surface area contributed by atoms with Crippen LogP contribution in [0.2, 0.25) is 0 Å². The minimum absolute atomic E-state index is 0.116. The standard InChI is InChI=1S/C11H13N3O2/c1-2-3-6-13-8-12-10-5-4-9(14(15)16)7-11(10)13/h4-5,7-8H,2-3,6H2,1H3. The fraction of sp³-hybridized carbons (Fsp3) is 0.364. The van der Waals surface area contributed by atoms with Crippen molar-refractivity contribution in [3.05, 3.63) is 34.6 Å². The third kappa shape index (κ3) is 1.88. The fourth-order valence-electron chi connectivity index (χ4n) is 1.67. The van der Waals surface area contributed by atoms with E-state index in [1.54, 1.807) is 18.5 Å². The topological polar surface area (TPSA) is 61.0 Å². The molecule has 84 valence electrons. The SMILES string of the molecule is CCCCn1cnc2ccc([N+](=O)[O-])cc21. The Morgan fingerprint density at radius 1 is 1.50 bits per heavy atom. The third-order valence-electron chi connectivity index (χ3n) is 2.57. The highest BCUT2D eigenvalue weighted by atomic mass is 16.6. The summed E-state index contributed by atoms with van der Waals surface area (Å²) in [4.78, 5) is 14.5. The first-order valence-corrected chi connectivity index (χ1v) is 5.31. The van der Waals surface area contributed by atoms with Gasteiger partial charge in [0.2, 0.25) is 0 Å². The summed E-state index contributed by atoms with van der Waals surface area (Å²) in [5, 5.41) is 10.7. The molecule has 5 nitrogen and oxygen atoms in total. The van der Waals surface area contributed by atoms with Gasteiger partial charge in [0.1, 0.15) is 0 Å². The van der Waals surface area contributed by atoms with Crippen LogP contribution in [0.4, 0.5) is 5.69 Å². The van der Waals surface area contributed by atoms with Gasteiger partial charge >= 0.3 is 0 Å². The van der Waals surface area contributed by atoms with Crippen LogP contribution < -0.4 is 0 Å². The molecule has 0 bridgehead atoms. The van der Waals surface area contributed by atoms with Crippen molar-refractivity contribution in [2.24, 2.45) is 0 Å². The highest BCUT2D eigenvalue weighted by molar-refractivity contribution is 5.77. The number of nitro benzene ring substituents is 1. The Hall–Kier alpha value is -1.91. The van der Waals surface area contributed by atoms with Crippen molar-refractivity contribution < 1.29 is 4.92 Å². The predicted octanol–water partition coefficient (Wildman–Crippen LogP) is 2.74. The summed E-state index contributed by atoms with van der Waals surface area (Å²) in [5.41, 5.74) is 1.76. The van der Waals surface area contributed by atoms with Gasteiger partial charge in [0.25, 0.3) is 5.69 Å². The van der Waals surface area contributed by atoms with Gasteiger partial charge in [-0.1, -0.05) is 13.3 Å². The zero-order chi connectivity index (χ0) is 11.5. The lowest BCUT2D eigenvalue weighted by molar-refractivity contribution is -0.384. The molecule has 0 spiro atoms.